The third-order valence-electron chi connectivity index (χ3n) is 5.86. The molecule has 2 aromatic heterocycles. The molecule has 33 heavy (non-hydrogen) atoms. The van der Waals surface area contributed by atoms with Gasteiger partial charge in [-0.05, 0) is 31.7 Å². The van der Waals surface area contributed by atoms with Gasteiger partial charge in [0.15, 0.2) is 0 Å². The summed E-state index contributed by atoms with van der Waals surface area (Å²) in [5.74, 6) is 1.89. The summed E-state index contributed by atoms with van der Waals surface area (Å²) in [6.45, 7) is 4.36. The van der Waals surface area contributed by atoms with Crippen molar-refractivity contribution in [3.05, 3.63) is 66.0 Å². The molecular formula is C26H27N5O2. The van der Waals surface area contributed by atoms with Gasteiger partial charge in [0, 0.05) is 42.2 Å². The molecule has 1 aliphatic rings. The van der Waals surface area contributed by atoms with E-state index in [0.29, 0.717) is 18.4 Å². The summed E-state index contributed by atoms with van der Waals surface area (Å²) in [5.41, 5.74) is 5.91. The van der Waals surface area contributed by atoms with Gasteiger partial charge in [0.2, 0.25) is 11.8 Å². The molecule has 0 fully saturated rings. The van der Waals surface area contributed by atoms with Crippen molar-refractivity contribution in [2.75, 3.05) is 32.6 Å². The van der Waals surface area contributed by atoms with E-state index in [1.54, 1.807) is 7.11 Å². The number of nitrogens with one attached hydrogen (secondary N) is 1. The molecule has 1 aliphatic heterocycles. The largest absolute Gasteiger partial charge is 0.496 e. The van der Waals surface area contributed by atoms with Crippen LogP contribution in [0.1, 0.15) is 18.2 Å². The molecule has 0 atom stereocenters. The van der Waals surface area contributed by atoms with Gasteiger partial charge in [-0.1, -0.05) is 36.4 Å². The lowest BCUT2D eigenvalue weighted by Gasteiger charge is -2.25. The average Bonchev–Trinajstić information content (AvgIpc) is 2.84. The zero-order chi connectivity index (χ0) is 22.8. The highest BCUT2D eigenvalue weighted by Crippen LogP contribution is 2.35. The first-order chi connectivity index (χ1) is 16.2. The van der Waals surface area contributed by atoms with E-state index in [4.69, 9.17) is 19.4 Å². The second-order valence-corrected chi connectivity index (χ2v) is 8.13. The average molecular weight is 442 g/mol. The highest BCUT2D eigenvalue weighted by molar-refractivity contribution is 5.95. The van der Waals surface area contributed by atoms with Crippen molar-refractivity contribution in [2.24, 2.45) is 0 Å². The molecule has 7 heteroatoms. The van der Waals surface area contributed by atoms with Gasteiger partial charge in [0.05, 0.1) is 24.9 Å². The summed E-state index contributed by atoms with van der Waals surface area (Å²) in [6.07, 6.45) is 2.75. The van der Waals surface area contributed by atoms with Crippen LogP contribution in [0, 0.1) is 0 Å². The summed E-state index contributed by atoms with van der Waals surface area (Å²) in [6, 6.07) is 16.2. The van der Waals surface area contributed by atoms with Crippen LogP contribution >= 0.6 is 0 Å². The number of likely N-dealkylation sites (N-methyl/N-ethyl adjacent to an activating group) is 1. The second-order valence-electron chi connectivity index (χ2n) is 8.13. The summed E-state index contributed by atoms with van der Waals surface area (Å²) in [5, 5.41) is 4.32. The van der Waals surface area contributed by atoms with Crippen LogP contribution in [0.15, 0.2) is 54.7 Å². The smallest absolute Gasteiger partial charge is 0.238 e. The first-order valence-corrected chi connectivity index (χ1v) is 11.2. The van der Waals surface area contributed by atoms with Crippen LogP contribution in [0.4, 0.5) is 11.6 Å². The predicted octanol–water partition coefficient (Wildman–Crippen LogP) is 4.83. The van der Waals surface area contributed by atoms with E-state index in [1.165, 1.54) is 5.56 Å². The number of methoxy groups -OCH3 is 1. The summed E-state index contributed by atoms with van der Waals surface area (Å²) in [4.78, 5) is 16.5. The molecule has 0 spiro atoms. The van der Waals surface area contributed by atoms with Crippen molar-refractivity contribution in [1.82, 2.24) is 19.9 Å². The van der Waals surface area contributed by atoms with Crippen LogP contribution in [0.3, 0.4) is 0 Å². The molecule has 1 N–H and O–H groups in total. The van der Waals surface area contributed by atoms with Crippen molar-refractivity contribution in [2.45, 2.75) is 19.9 Å². The number of hydrogen-bond acceptors (Lipinski definition) is 7. The molecule has 4 aromatic rings. The maximum Gasteiger partial charge on any atom is 0.238 e. The topological polar surface area (TPSA) is 72.4 Å². The molecule has 0 unspecified atom stereocenters. The number of fused-ring (bicyclic) bond motifs is 2. The molecule has 5 rings (SSSR count). The van der Waals surface area contributed by atoms with Crippen LogP contribution in [0.2, 0.25) is 0 Å². The second kappa shape index (κ2) is 9.03. The number of pyridine rings is 1. The van der Waals surface area contributed by atoms with E-state index < -0.39 is 0 Å². The fraction of sp³-hybridized carbons (Fsp3) is 0.269. The Morgan fingerprint density at radius 2 is 1.91 bits per heavy atom. The third kappa shape index (κ3) is 4.19. The highest BCUT2D eigenvalue weighted by Gasteiger charge is 2.19. The first kappa shape index (κ1) is 21.2. The molecule has 0 aliphatic carbocycles. The Morgan fingerprint density at radius 1 is 1.06 bits per heavy atom. The maximum atomic E-state index is 5.85. The lowest BCUT2D eigenvalue weighted by atomic mass is 10.0. The monoisotopic (exact) mass is 441 g/mol. The van der Waals surface area contributed by atoms with Gasteiger partial charge in [0.25, 0.3) is 0 Å². The Morgan fingerprint density at radius 3 is 2.76 bits per heavy atom. The standard InChI is InChI=1S/C26H27N5O2/c1-4-33-25-22(14-18-16-31(2)13-12-21(18)28-25)29-26-27-15-17-8-7-10-20(24(17)30-26)19-9-5-6-11-23(19)32-3/h5-11,14-15H,4,12-13,16H2,1-3H3,(H,27,29,30). The van der Waals surface area contributed by atoms with Gasteiger partial charge in [-0.25, -0.2) is 15.0 Å². The van der Waals surface area contributed by atoms with Crippen LogP contribution in [0.25, 0.3) is 22.0 Å². The minimum Gasteiger partial charge on any atom is -0.496 e. The molecule has 3 heterocycles. The highest BCUT2D eigenvalue weighted by atomic mass is 16.5. The minimum absolute atomic E-state index is 0.497. The quantitative estimate of drug-likeness (QED) is 0.459. The van der Waals surface area contributed by atoms with E-state index in [9.17, 15) is 0 Å². The molecule has 168 valence electrons. The number of rotatable bonds is 6. The molecule has 2 aromatic carbocycles. The normalized spacial score (nSPS) is 13.5. The molecule has 0 radical (unpaired) electrons. The summed E-state index contributed by atoms with van der Waals surface area (Å²) < 4.78 is 11.4. The van der Waals surface area contributed by atoms with Gasteiger partial charge in [-0.3, -0.25) is 0 Å². The third-order valence-corrected chi connectivity index (χ3v) is 5.86. The number of para-hydroxylation sites is 2. The molecule has 0 saturated heterocycles. The van der Waals surface area contributed by atoms with Crippen LogP contribution < -0.4 is 14.8 Å². The van der Waals surface area contributed by atoms with E-state index >= 15 is 0 Å². The van der Waals surface area contributed by atoms with E-state index in [2.05, 4.69) is 34.4 Å². The lowest BCUT2D eigenvalue weighted by molar-refractivity contribution is 0.301. The predicted molar refractivity (Wildman–Crippen MR) is 130 cm³/mol. The van der Waals surface area contributed by atoms with Crippen molar-refractivity contribution in [3.63, 3.8) is 0 Å². The maximum absolute atomic E-state index is 5.85. The Hall–Kier alpha value is -3.71. The fourth-order valence-corrected chi connectivity index (χ4v) is 4.25. The molecule has 0 amide bonds. The summed E-state index contributed by atoms with van der Waals surface area (Å²) >= 11 is 0. The van der Waals surface area contributed by atoms with Gasteiger partial charge in [0.1, 0.15) is 11.4 Å². The minimum atomic E-state index is 0.497. The number of ether oxygens (including phenoxy) is 2. The van der Waals surface area contributed by atoms with E-state index in [-0.39, 0.29) is 0 Å². The fourth-order valence-electron chi connectivity index (χ4n) is 4.25. The molecule has 0 bridgehead atoms. The number of benzene rings is 2. The van der Waals surface area contributed by atoms with Crippen LogP contribution in [-0.4, -0.2) is 47.2 Å². The Labute approximate surface area is 193 Å². The number of anilines is 2. The van der Waals surface area contributed by atoms with Crippen LogP contribution in [0.5, 0.6) is 11.6 Å². The Bertz CT molecular complexity index is 1310. The summed E-state index contributed by atoms with van der Waals surface area (Å²) in [7, 11) is 3.81. The van der Waals surface area contributed by atoms with Crippen molar-refractivity contribution in [1.29, 1.82) is 0 Å². The van der Waals surface area contributed by atoms with Gasteiger partial charge < -0.3 is 19.7 Å². The van der Waals surface area contributed by atoms with Crippen molar-refractivity contribution in [3.8, 4) is 22.8 Å². The van der Waals surface area contributed by atoms with Crippen molar-refractivity contribution < 1.29 is 9.47 Å². The van der Waals surface area contributed by atoms with E-state index in [1.807, 2.05) is 49.5 Å². The molecule has 7 nitrogen and oxygen atoms in total. The number of nitrogens with zero attached hydrogens (tertiary/aromatic N) is 4. The van der Waals surface area contributed by atoms with E-state index in [0.717, 1.165) is 58.7 Å². The van der Waals surface area contributed by atoms with Gasteiger partial charge >= 0.3 is 0 Å². The van der Waals surface area contributed by atoms with Gasteiger partial charge in [-0.15, -0.1) is 0 Å². The zero-order valence-corrected chi connectivity index (χ0v) is 19.1. The Kier molecular flexibility index (Phi) is 5.79. The number of aromatic nitrogens is 3. The zero-order valence-electron chi connectivity index (χ0n) is 19.1. The molecule has 0 saturated carbocycles. The first-order valence-electron chi connectivity index (χ1n) is 11.2. The lowest BCUT2D eigenvalue weighted by Crippen LogP contribution is -2.27. The van der Waals surface area contributed by atoms with Gasteiger partial charge in [-0.2, -0.15) is 0 Å². The van der Waals surface area contributed by atoms with Crippen LogP contribution in [-0.2, 0) is 13.0 Å². The Balaban J connectivity index is 1.57. The SMILES string of the molecule is CCOc1nc2c(cc1Nc1ncc3cccc(-c4ccccc4OC)c3n1)CN(C)CC2. The number of hydrogen-bond donors (Lipinski definition) is 1. The van der Waals surface area contributed by atoms with Crippen molar-refractivity contribution >= 4 is 22.5 Å². The molecular weight excluding hydrogens is 414 g/mol.